The molecule has 0 N–H and O–H groups in total. The zero-order chi connectivity index (χ0) is 13.8. The lowest BCUT2D eigenvalue weighted by atomic mass is 9.92. The second-order valence-electron chi connectivity index (χ2n) is 6.63. The highest BCUT2D eigenvalue weighted by Gasteiger charge is 2.06. The number of allylic oxidation sites excluding steroid dienone is 2. The van der Waals surface area contributed by atoms with Gasteiger partial charge >= 0.3 is 0 Å². The summed E-state index contributed by atoms with van der Waals surface area (Å²) in [4.78, 5) is 0. The Bertz CT molecular complexity index is 188. The molecule has 0 aliphatic rings. The van der Waals surface area contributed by atoms with E-state index in [2.05, 4.69) is 46.8 Å². The van der Waals surface area contributed by atoms with Crippen molar-refractivity contribution >= 4 is 0 Å². The maximum Gasteiger partial charge on any atom is -0.0233 e. The summed E-state index contributed by atoms with van der Waals surface area (Å²) in [5.74, 6) is 2.53. The van der Waals surface area contributed by atoms with Gasteiger partial charge in [0.1, 0.15) is 0 Å². The van der Waals surface area contributed by atoms with Gasteiger partial charge in [0.05, 0.1) is 0 Å². The van der Waals surface area contributed by atoms with Crippen LogP contribution in [0.3, 0.4) is 0 Å². The summed E-state index contributed by atoms with van der Waals surface area (Å²) in [6, 6.07) is 0. The molecule has 0 heterocycles. The Labute approximate surface area is 116 Å². The summed E-state index contributed by atoms with van der Waals surface area (Å²) in [7, 11) is 0. The molecule has 18 heavy (non-hydrogen) atoms. The minimum atomic E-state index is 0.837. The second kappa shape index (κ2) is 11.8. The molecule has 108 valence electrons. The molecule has 0 aromatic heterocycles. The molecule has 0 aliphatic heterocycles. The minimum Gasteiger partial charge on any atom is -0.0883 e. The van der Waals surface area contributed by atoms with Gasteiger partial charge in [-0.15, -0.1) is 0 Å². The highest BCUT2D eigenvalue weighted by atomic mass is 14.1. The van der Waals surface area contributed by atoms with Gasteiger partial charge in [-0.05, 0) is 43.4 Å². The third kappa shape index (κ3) is 12.2. The van der Waals surface area contributed by atoms with E-state index in [1.54, 1.807) is 0 Å². The fourth-order valence-corrected chi connectivity index (χ4v) is 2.26. The molecule has 0 rings (SSSR count). The number of hydrogen-bond donors (Lipinski definition) is 0. The maximum atomic E-state index is 2.51. The zero-order valence-corrected chi connectivity index (χ0v) is 13.5. The summed E-state index contributed by atoms with van der Waals surface area (Å²) in [6.45, 7) is 11.6. The van der Waals surface area contributed by atoms with Gasteiger partial charge in [-0.2, -0.15) is 0 Å². The molecule has 0 radical (unpaired) electrons. The predicted octanol–water partition coefficient (Wildman–Crippen LogP) is 6.61. The van der Waals surface area contributed by atoms with Gasteiger partial charge in [-0.3, -0.25) is 0 Å². The van der Waals surface area contributed by atoms with Crippen molar-refractivity contribution in [3.8, 4) is 0 Å². The molecule has 0 nitrogen and oxygen atoms in total. The first-order valence-corrected chi connectivity index (χ1v) is 8.22. The van der Waals surface area contributed by atoms with Crippen molar-refractivity contribution in [2.75, 3.05) is 0 Å². The zero-order valence-electron chi connectivity index (χ0n) is 13.5. The van der Waals surface area contributed by atoms with Gasteiger partial charge in [0.2, 0.25) is 0 Å². The fraction of sp³-hybridized carbons (Fsp3) is 0.889. The Balaban J connectivity index is 3.93. The largest absolute Gasteiger partial charge is 0.0883 e. The molecule has 0 heteroatoms. The first-order chi connectivity index (χ1) is 8.56. The Morgan fingerprint density at radius 1 is 0.778 bits per heavy atom. The van der Waals surface area contributed by atoms with Gasteiger partial charge in [0, 0.05) is 0 Å². The van der Waals surface area contributed by atoms with Crippen LogP contribution in [0.25, 0.3) is 0 Å². The topological polar surface area (TPSA) is 0 Å². The van der Waals surface area contributed by atoms with Crippen molar-refractivity contribution in [1.29, 1.82) is 0 Å². The minimum absolute atomic E-state index is 0.837. The number of hydrogen-bond acceptors (Lipinski definition) is 0. The summed E-state index contributed by atoms with van der Waals surface area (Å²) in [6.07, 6.45) is 15.9. The Morgan fingerprint density at radius 3 is 2.00 bits per heavy atom. The molecule has 0 fully saturated rings. The monoisotopic (exact) mass is 252 g/mol. The van der Waals surface area contributed by atoms with E-state index in [0.717, 1.165) is 17.8 Å². The molecule has 0 aliphatic carbocycles. The van der Waals surface area contributed by atoms with E-state index in [-0.39, 0.29) is 0 Å². The lowest BCUT2D eigenvalue weighted by Gasteiger charge is -2.14. The molecule has 0 bridgehead atoms. The van der Waals surface area contributed by atoms with Crippen molar-refractivity contribution in [2.45, 2.75) is 86.0 Å². The quantitative estimate of drug-likeness (QED) is 0.286. The Kier molecular flexibility index (Phi) is 11.6. The third-order valence-electron chi connectivity index (χ3n) is 3.61. The molecule has 0 saturated carbocycles. The average molecular weight is 252 g/mol. The van der Waals surface area contributed by atoms with Crippen LogP contribution in [-0.4, -0.2) is 0 Å². The molecule has 1 unspecified atom stereocenters. The average Bonchev–Trinajstić information content (AvgIpc) is 2.30. The molecule has 0 aromatic rings. The van der Waals surface area contributed by atoms with Crippen LogP contribution in [0.1, 0.15) is 86.0 Å². The van der Waals surface area contributed by atoms with Gasteiger partial charge < -0.3 is 0 Å². The van der Waals surface area contributed by atoms with Crippen molar-refractivity contribution < 1.29 is 0 Å². The van der Waals surface area contributed by atoms with E-state index in [4.69, 9.17) is 0 Å². The summed E-state index contributed by atoms with van der Waals surface area (Å²) < 4.78 is 0. The van der Waals surface area contributed by atoms with Crippen molar-refractivity contribution in [1.82, 2.24) is 0 Å². The lowest BCUT2D eigenvalue weighted by Crippen LogP contribution is -2.00. The van der Waals surface area contributed by atoms with E-state index in [0.29, 0.717) is 0 Å². The molecule has 0 amide bonds. The summed E-state index contributed by atoms with van der Waals surface area (Å²) in [5.41, 5.74) is 0. The highest BCUT2D eigenvalue weighted by Crippen LogP contribution is 2.20. The van der Waals surface area contributed by atoms with E-state index >= 15 is 0 Å². The van der Waals surface area contributed by atoms with Crippen molar-refractivity contribution in [3.63, 3.8) is 0 Å². The van der Waals surface area contributed by atoms with Gasteiger partial charge in [-0.1, -0.05) is 72.5 Å². The Morgan fingerprint density at radius 2 is 1.44 bits per heavy atom. The number of rotatable bonds is 11. The van der Waals surface area contributed by atoms with Crippen LogP contribution in [0.15, 0.2) is 12.2 Å². The van der Waals surface area contributed by atoms with E-state index < -0.39 is 0 Å². The smallest absolute Gasteiger partial charge is 0.0233 e. The molecule has 0 aromatic carbocycles. The van der Waals surface area contributed by atoms with Crippen molar-refractivity contribution in [3.05, 3.63) is 12.2 Å². The first-order valence-electron chi connectivity index (χ1n) is 8.22. The molecular formula is C18H36. The van der Waals surface area contributed by atoms with Gasteiger partial charge in [-0.25, -0.2) is 0 Å². The van der Waals surface area contributed by atoms with E-state index in [1.807, 2.05) is 0 Å². The molecular weight excluding hydrogens is 216 g/mol. The number of unbranched alkanes of at least 4 members (excludes halogenated alkanes) is 2. The SMILES string of the molecule is CCCCCC(C=CCCC(C)C)CCC(C)C. The van der Waals surface area contributed by atoms with Crippen LogP contribution in [0.2, 0.25) is 0 Å². The second-order valence-corrected chi connectivity index (χ2v) is 6.63. The van der Waals surface area contributed by atoms with Crippen molar-refractivity contribution in [2.24, 2.45) is 17.8 Å². The van der Waals surface area contributed by atoms with E-state index in [9.17, 15) is 0 Å². The van der Waals surface area contributed by atoms with Crippen LogP contribution in [0.4, 0.5) is 0 Å². The van der Waals surface area contributed by atoms with Crippen LogP contribution in [0.5, 0.6) is 0 Å². The van der Waals surface area contributed by atoms with Crippen LogP contribution in [-0.2, 0) is 0 Å². The van der Waals surface area contributed by atoms with Gasteiger partial charge in [0.25, 0.3) is 0 Å². The molecule has 0 spiro atoms. The van der Waals surface area contributed by atoms with Gasteiger partial charge in [0.15, 0.2) is 0 Å². The van der Waals surface area contributed by atoms with Crippen LogP contribution in [0, 0.1) is 17.8 Å². The normalized spacial score (nSPS) is 13.9. The van der Waals surface area contributed by atoms with Crippen LogP contribution < -0.4 is 0 Å². The first kappa shape index (κ1) is 17.7. The maximum absolute atomic E-state index is 2.51. The van der Waals surface area contributed by atoms with Crippen LogP contribution >= 0.6 is 0 Å². The lowest BCUT2D eigenvalue weighted by molar-refractivity contribution is 0.444. The summed E-state index contributed by atoms with van der Waals surface area (Å²) in [5, 5.41) is 0. The predicted molar refractivity (Wildman–Crippen MR) is 84.9 cm³/mol. The Hall–Kier alpha value is -0.260. The highest BCUT2D eigenvalue weighted by molar-refractivity contribution is 4.88. The van der Waals surface area contributed by atoms with E-state index in [1.165, 1.54) is 51.4 Å². The standard InChI is InChI=1S/C18H36/c1-6-7-8-12-18(15-14-17(4)5)13-10-9-11-16(2)3/h10,13,16-18H,6-9,11-12,14-15H2,1-5H3. The third-order valence-corrected chi connectivity index (χ3v) is 3.61. The summed E-state index contributed by atoms with van der Waals surface area (Å²) >= 11 is 0. The molecule has 0 saturated heterocycles. The fourth-order valence-electron chi connectivity index (χ4n) is 2.26. The molecule has 1 atom stereocenters.